The van der Waals surface area contributed by atoms with Gasteiger partial charge in [-0.2, -0.15) is 0 Å². The van der Waals surface area contributed by atoms with Crippen molar-refractivity contribution in [3.63, 3.8) is 0 Å². The highest BCUT2D eigenvalue weighted by Crippen LogP contribution is 2.25. The van der Waals surface area contributed by atoms with Gasteiger partial charge in [-0.25, -0.2) is 0 Å². The maximum absolute atomic E-state index is 5.79. The number of thiophene rings is 1. The lowest BCUT2D eigenvalue weighted by Gasteiger charge is -1.93. The molecule has 1 aliphatic carbocycles. The van der Waals surface area contributed by atoms with E-state index < -0.39 is 0 Å². The fraction of sp³-hybridized carbons (Fsp3) is 0.375. The smallest absolute Gasteiger partial charge is 0.136 e. The van der Waals surface area contributed by atoms with Gasteiger partial charge in [0.2, 0.25) is 0 Å². The normalized spacial score (nSPS) is 18.2. The predicted octanol–water partition coefficient (Wildman–Crippen LogP) is 2.38. The average Bonchev–Trinajstić information content (AvgIpc) is 2.72. The average molecular weight is 245 g/mol. The van der Waals surface area contributed by atoms with Crippen molar-refractivity contribution in [3.05, 3.63) is 20.8 Å². The second kappa shape index (κ2) is 3.18. The third-order valence-corrected chi connectivity index (χ3v) is 3.40. The van der Waals surface area contributed by atoms with Crippen molar-refractivity contribution in [2.24, 2.45) is 10.7 Å². The van der Waals surface area contributed by atoms with Crippen molar-refractivity contribution in [2.45, 2.75) is 18.9 Å². The summed E-state index contributed by atoms with van der Waals surface area (Å²) in [6, 6.07) is 2.51. The van der Waals surface area contributed by atoms with Crippen LogP contribution in [0.15, 0.2) is 20.9 Å². The molecule has 1 saturated carbocycles. The van der Waals surface area contributed by atoms with Crippen LogP contribution in [0.1, 0.15) is 17.7 Å². The largest absolute Gasteiger partial charge is 0.383 e. The summed E-state index contributed by atoms with van der Waals surface area (Å²) in [4.78, 5) is 5.42. The summed E-state index contributed by atoms with van der Waals surface area (Å²) in [6.45, 7) is 0. The summed E-state index contributed by atoms with van der Waals surface area (Å²) in [5.74, 6) is 0.688. The number of hydrogen-bond donors (Lipinski definition) is 1. The van der Waals surface area contributed by atoms with E-state index in [0.29, 0.717) is 11.9 Å². The Morgan fingerprint density at radius 1 is 1.67 bits per heavy atom. The molecule has 2 nitrogen and oxygen atoms in total. The van der Waals surface area contributed by atoms with Crippen LogP contribution < -0.4 is 5.73 Å². The molecule has 2 N–H and O–H groups in total. The topological polar surface area (TPSA) is 38.4 Å². The molecule has 1 aromatic rings. The van der Waals surface area contributed by atoms with Crippen LogP contribution in [0.3, 0.4) is 0 Å². The molecule has 1 aliphatic rings. The number of halogens is 1. The number of aliphatic imine (C=N–C) groups is 1. The van der Waals surface area contributed by atoms with E-state index in [1.165, 1.54) is 12.8 Å². The van der Waals surface area contributed by atoms with Crippen molar-refractivity contribution in [3.8, 4) is 0 Å². The lowest BCUT2D eigenvalue weighted by molar-refractivity contribution is 1.06. The van der Waals surface area contributed by atoms with Gasteiger partial charge in [-0.3, -0.25) is 4.99 Å². The molecule has 1 heterocycles. The van der Waals surface area contributed by atoms with Crippen LogP contribution >= 0.6 is 27.3 Å². The lowest BCUT2D eigenvalue weighted by atomic mass is 10.4. The molecule has 0 aromatic carbocycles. The van der Waals surface area contributed by atoms with Gasteiger partial charge in [0.05, 0.1) is 10.9 Å². The van der Waals surface area contributed by atoms with Crippen LogP contribution in [-0.2, 0) is 0 Å². The maximum atomic E-state index is 5.79. The lowest BCUT2D eigenvalue weighted by Crippen LogP contribution is -2.12. The summed E-state index contributed by atoms with van der Waals surface area (Å²) >= 11 is 5.01. The first-order valence-electron chi connectivity index (χ1n) is 3.83. The van der Waals surface area contributed by atoms with Gasteiger partial charge in [-0.15, -0.1) is 11.3 Å². The number of nitrogens with two attached hydrogens (primary N) is 1. The van der Waals surface area contributed by atoms with Gasteiger partial charge in [-0.05, 0) is 34.8 Å². The maximum Gasteiger partial charge on any atom is 0.136 e. The van der Waals surface area contributed by atoms with E-state index in [1.54, 1.807) is 11.3 Å². The van der Waals surface area contributed by atoms with E-state index in [9.17, 15) is 0 Å². The second-order valence-corrected chi connectivity index (χ2v) is 4.70. The minimum atomic E-state index is 0.505. The highest BCUT2D eigenvalue weighted by Gasteiger charge is 2.20. The van der Waals surface area contributed by atoms with E-state index in [-0.39, 0.29) is 0 Å². The first-order chi connectivity index (χ1) is 5.75. The zero-order chi connectivity index (χ0) is 8.55. The molecule has 2 rings (SSSR count). The molecule has 0 atom stereocenters. The Bertz CT molecular complexity index is 315. The zero-order valence-corrected chi connectivity index (χ0v) is 8.86. The number of nitrogens with zero attached hydrogens (tertiary/aromatic N) is 1. The van der Waals surface area contributed by atoms with Crippen molar-refractivity contribution in [2.75, 3.05) is 0 Å². The molecule has 1 fully saturated rings. The van der Waals surface area contributed by atoms with Crippen LogP contribution in [0.4, 0.5) is 0 Å². The highest BCUT2D eigenvalue weighted by atomic mass is 79.9. The first kappa shape index (κ1) is 8.26. The monoisotopic (exact) mass is 244 g/mol. The number of hydrogen-bond acceptors (Lipinski definition) is 2. The Balaban J connectivity index is 2.17. The number of rotatable bonds is 2. The van der Waals surface area contributed by atoms with Gasteiger partial charge in [0, 0.05) is 9.85 Å². The Labute approximate surface area is 83.6 Å². The van der Waals surface area contributed by atoms with Gasteiger partial charge in [0.1, 0.15) is 5.84 Å². The SMILES string of the molecule is NC(=NC1CC1)c1cc(Br)cs1. The van der Waals surface area contributed by atoms with Crippen LogP contribution in [0.5, 0.6) is 0 Å². The van der Waals surface area contributed by atoms with Gasteiger partial charge < -0.3 is 5.73 Å². The molecular formula is C8H9BrN2S. The highest BCUT2D eigenvalue weighted by molar-refractivity contribution is 9.10. The molecule has 0 unspecified atom stereocenters. The molecule has 1 aromatic heterocycles. The first-order valence-corrected chi connectivity index (χ1v) is 5.50. The Kier molecular flexibility index (Phi) is 2.19. The molecule has 4 heteroatoms. The molecule has 0 amide bonds. The van der Waals surface area contributed by atoms with Crippen LogP contribution in [0.2, 0.25) is 0 Å². The zero-order valence-electron chi connectivity index (χ0n) is 6.46. The van der Waals surface area contributed by atoms with E-state index in [1.807, 2.05) is 11.4 Å². The van der Waals surface area contributed by atoms with Crippen molar-refractivity contribution >= 4 is 33.1 Å². The second-order valence-electron chi connectivity index (χ2n) is 2.87. The summed E-state index contributed by atoms with van der Waals surface area (Å²) < 4.78 is 1.08. The Morgan fingerprint density at radius 3 is 2.92 bits per heavy atom. The molecule has 0 bridgehead atoms. The Hall–Kier alpha value is -0.350. The molecule has 12 heavy (non-hydrogen) atoms. The van der Waals surface area contributed by atoms with E-state index >= 15 is 0 Å². The van der Waals surface area contributed by atoms with E-state index in [0.717, 1.165) is 9.35 Å². The fourth-order valence-electron chi connectivity index (χ4n) is 0.911. The molecule has 64 valence electrons. The standard InChI is InChI=1S/C8H9BrN2S/c9-5-3-7(12-4-5)8(10)11-6-1-2-6/h3-4,6H,1-2H2,(H2,10,11). The van der Waals surface area contributed by atoms with Crippen LogP contribution in [-0.4, -0.2) is 11.9 Å². The van der Waals surface area contributed by atoms with Gasteiger partial charge in [0.25, 0.3) is 0 Å². The summed E-state index contributed by atoms with van der Waals surface area (Å²) in [5, 5.41) is 2.02. The third kappa shape index (κ3) is 1.87. The molecule has 0 radical (unpaired) electrons. The van der Waals surface area contributed by atoms with Crippen molar-refractivity contribution in [1.82, 2.24) is 0 Å². The van der Waals surface area contributed by atoms with Crippen molar-refractivity contribution in [1.29, 1.82) is 0 Å². The molecular weight excluding hydrogens is 236 g/mol. The molecule has 0 aliphatic heterocycles. The third-order valence-electron chi connectivity index (χ3n) is 1.69. The molecule has 0 spiro atoms. The summed E-state index contributed by atoms with van der Waals surface area (Å²) in [6.07, 6.45) is 2.40. The quantitative estimate of drug-likeness (QED) is 0.630. The summed E-state index contributed by atoms with van der Waals surface area (Å²) in [7, 11) is 0. The predicted molar refractivity (Wildman–Crippen MR) is 55.8 cm³/mol. The van der Waals surface area contributed by atoms with Gasteiger partial charge >= 0.3 is 0 Å². The van der Waals surface area contributed by atoms with Crippen LogP contribution in [0, 0.1) is 0 Å². The summed E-state index contributed by atoms with van der Waals surface area (Å²) in [5.41, 5.74) is 5.79. The van der Waals surface area contributed by atoms with E-state index in [2.05, 4.69) is 20.9 Å². The van der Waals surface area contributed by atoms with Crippen molar-refractivity contribution < 1.29 is 0 Å². The van der Waals surface area contributed by atoms with E-state index in [4.69, 9.17) is 5.73 Å². The fourth-order valence-corrected chi connectivity index (χ4v) is 2.25. The van der Waals surface area contributed by atoms with Gasteiger partial charge in [-0.1, -0.05) is 0 Å². The Morgan fingerprint density at radius 2 is 2.42 bits per heavy atom. The van der Waals surface area contributed by atoms with Gasteiger partial charge in [0.15, 0.2) is 0 Å². The minimum Gasteiger partial charge on any atom is -0.383 e. The minimum absolute atomic E-state index is 0.505. The number of amidine groups is 1. The molecule has 0 saturated heterocycles. The van der Waals surface area contributed by atoms with Crippen LogP contribution in [0.25, 0.3) is 0 Å².